The lowest BCUT2D eigenvalue weighted by molar-refractivity contribution is -0.134. The Bertz CT molecular complexity index is 108. The van der Waals surface area contributed by atoms with Crippen molar-refractivity contribution in [3.8, 4) is 0 Å². The zero-order chi connectivity index (χ0) is 9.82. The lowest BCUT2D eigenvalue weighted by Crippen LogP contribution is -1.89. The quantitative estimate of drug-likeness (QED) is 0.484. The lowest BCUT2D eigenvalue weighted by atomic mass is 10.3. The number of carboxylic acids is 1. The van der Waals surface area contributed by atoms with Crippen molar-refractivity contribution < 1.29 is 19.7 Å². The summed E-state index contributed by atoms with van der Waals surface area (Å²) in [5.74, 6) is -0.833. The molecule has 2 N–H and O–H groups in total. The first-order valence-corrected chi connectivity index (χ1v) is 3.68. The Morgan fingerprint density at radius 2 is 2.08 bits per heavy atom. The third kappa shape index (κ3) is 36.2. The van der Waals surface area contributed by atoms with Gasteiger partial charge in [-0.15, -0.1) is 0 Å². The van der Waals surface area contributed by atoms with E-state index < -0.39 is 5.97 Å². The van der Waals surface area contributed by atoms with Gasteiger partial charge < -0.3 is 14.9 Å². The van der Waals surface area contributed by atoms with E-state index in [4.69, 9.17) is 19.7 Å². The minimum Gasteiger partial charge on any atom is -0.502 e. The number of carbonyl (C=O) groups is 1. The monoisotopic (exact) mass is 176 g/mol. The van der Waals surface area contributed by atoms with Crippen LogP contribution in [0.5, 0.6) is 0 Å². The average Bonchev–Trinajstić information content (AvgIpc) is 1.97. The van der Waals surface area contributed by atoms with Crippen LogP contribution >= 0.6 is 0 Å². The molecule has 0 heterocycles. The molecule has 0 aromatic rings. The van der Waals surface area contributed by atoms with Crippen LogP contribution in [-0.2, 0) is 9.53 Å². The number of aliphatic hydroxyl groups is 1. The lowest BCUT2D eigenvalue weighted by Gasteiger charge is -1.95. The summed E-state index contributed by atoms with van der Waals surface area (Å²) in [6.07, 6.45) is 3.13. The first-order valence-electron chi connectivity index (χ1n) is 3.68. The van der Waals surface area contributed by atoms with Gasteiger partial charge in [0.05, 0.1) is 12.9 Å². The fourth-order valence-electron chi connectivity index (χ4n) is 0.381. The molecule has 0 aliphatic rings. The molecule has 0 fully saturated rings. The van der Waals surface area contributed by atoms with Crippen molar-refractivity contribution in [1.29, 1.82) is 0 Å². The Morgan fingerprint density at radius 3 is 2.42 bits per heavy atom. The standard InChI is InChI=1S/C6H12O2.C2H4O2/c1-2-8-6-4-3-5-7;1-2(3)4/h2,7H,1,3-6H2;1H3,(H,3,4). The van der Waals surface area contributed by atoms with Crippen molar-refractivity contribution in [1.82, 2.24) is 0 Å². The molecule has 0 aliphatic heterocycles. The molecule has 0 saturated heterocycles. The fraction of sp³-hybridized carbons (Fsp3) is 0.625. The van der Waals surface area contributed by atoms with Gasteiger partial charge in [-0.25, -0.2) is 0 Å². The second-order valence-corrected chi connectivity index (χ2v) is 1.99. The molecule has 0 radical (unpaired) electrons. The highest BCUT2D eigenvalue weighted by molar-refractivity contribution is 5.62. The predicted molar refractivity (Wildman–Crippen MR) is 45.8 cm³/mol. The van der Waals surface area contributed by atoms with Gasteiger partial charge in [0, 0.05) is 13.5 Å². The van der Waals surface area contributed by atoms with Crippen molar-refractivity contribution in [2.45, 2.75) is 19.8 Å². The number of hydrogen-bond acceptors (Lipinski definition) is 3. The molecule has 12 heavy (non-hydrogen) atoms. The first kappa shape index (κ1) is 13.6. The molecule has 0 amide bonds. The van der Waals surface area contributed by atoms with Crippen LogP contribution in [0.15, 0.2) is 12.8 Å². The summed E-state index contributed by atoms with van der Waals surface area (Å²) in [5, 5.41) is 15.7. The van der Waals surface area contributed by atoms with Crippen molar-refractivity contribution in [2.75, 3.05) is 13.2 Å². The molecule has 72 valence electrons. The largest absolute Gasteiger partial charge is 0.502 e. The number of hydrogen-bond donors (Lipinski definition) is 2. The normalized spacial score (nSPS) is 7.83. The molecule has 0 saturated carbocycles. The van der Waals surface area contributed by atoms with Crippen LogP contribution in [-0.4, -0.2) is 29.4 Å². The zero-order valence-corrected chi connectivity index (χ0v) is 7.32. The van der Waals surface area contributed by atoms with Gasteiger partial charge in [0.15, 0.2) is 0 Å². The van der Waals surface area contributed by atoms with Crippen LogP contribution in [0.1, 0.15) is 19.8 Å². The highest BCUT2D eigenvalue weighted by Gasteiger charge is 1.82. The average molecular weight is 176 g/mol. The van der Waals surface area contributed by atoms with Crippen molar-refractivity contribution in [3.05, 3.63) is 12.8 Å². The van der Waals surface area contributed by atoms with Gasteiger partial charge in [0.1, 0.15) is 0 Å². The van der Waals surface area contributed by atoms with E-state index in [-0.39, 0.29) is 6.61 Å². The van der Waals surface area contributed by atoms with Crippen LogP contribution in [0.25, 0.3) is 0 Å². The minimum atomic E-state index is -0.833. The molecule has 4 nitrogen and oxygen atoms in total. The van der Waals surface area contributed by atoms with Gasteiger partial charge in [-0.1, -0.05) is 6.58 Å². The Balaban J connectivity index is 0. The Kier molecular flexibility index (Phi) is 14.3. The molecule has 0 aromatic heterocycles. The van der Waals surface area contributed by atoms with E-state index in [9.17, 15) is 0 Å². The van der Waals surface area contributed by atoms with E-state index in [1.54, 1.807) is 0 Å². The summed E-state index contributed by atoms with van der Waals surface area (Å²) in [6.45, 7) is 5.38. The van der Waals surface area contributed by atoms with Gasteiger partial charge in [0.2, 0.25) is 0 Å². The molecule has 0 bridgehead atoms. The van der Waals surface area contributed by atoms with Gasteiger partial charge >= 0.3 is 0 Å². The van der Waals surface area contributed by atoms with E-state index in [2.05, 4.69) is 6.58 Å². The maximum atomic E-state index is 9.00. The molecule has 0 aromatic carbocycles. The van der Waals surface area contributed by atoms with E-state index in [1.165, 1.54) is 6.26 Å². The Labute approximate surface area is 72.5 Å². The number of ether oxygens (including phenoxy) is 1. The van der Waals surface area contributed by atoms with Gasteiger partial charge in [-0.3, -0.25) is 4.79 Å². The molecular formula is C8H16O4. The highest BCUT2D eigenvalue weighted by atomic mass is 16.5. The molecular weight excluding hydrogens is 160 g/mol. The summed E-state index contributed by atoms with van der Waals surface area (Å²) in [6, 6.07) is 0. The van der Waals surface area contributed by atoms with Crippen LogP contribution in [0.3, 0.4) is 0 Å². The van der Waals surface area contributed by atoms with Crippen LogP contribution in [0.2, 0.25) is 0 Å². The Hall–Kier alpha value is -1.03. The van der Waals surface area contributed by atoms with Crippen molar-refractivity contribution in [2.24, 2.45) is 0 Å². The molecule has 0 aliphatic carbocycles. The van der Waals surface area contributed by atoms with Gasteiger partial charge in [-0.2, -0.15) is 0 Å². The van der Waals surface area contributed by atoms with E-state index in [1.807, 2.05) is 0 Å². The summed E-state index contributed by atoms with van der Waals surface area (Å²) in [7, 11) is 0. The van der Waals surface area contributed by atoms with Gasteiger partial charge in [-0.05, 0) is 12.8 Å². The number of carboxylic acid groups (broad SMARTS) is 1. The third-order valence-corrected chi connectivity index (χ3v) is 0.788. The van der Waals surface area contributed by atoms with Crippen molar-refractivity contribution in [3.63, 3.8) is 0 Å². The van der Waals surface area contributed by atoms with E-state index >= 15 is 0 Å². The predicted octanol–water partition coefficient (Wildman–Crippen LogP) is 1.01. The summed E-state index contributed by atoms with van der Waals surface area (Å²) in [5.41, 5.74) is 0. The third-order valence-electron chi connectivity index (χ3n) is 0.788. The van der Waals surface area contributed by atoms with Crippen LogP contribution in [0.4, 0.5) is 0 Å². The molecule has 0 unspecified atom stereocenters. The maximum absolute atomic E-state index is 9.00. The summed E-state index contributed by atoms with van der Waals surface area (Å²) in [4.78, 5) is 9.00. The number of unbranched alkanes of at least 4 members (excludes halogenated alkanes) is 1. The molecule has 0 rings (SSSR count). The topological polar surface area (TPSA) is 66.8 Å². The second-order valence-electron chi connectivity index (χ2n) is 1.99. The van der Waals surface area contributed by atoms with E-state index in [0.29, 0.717) is 6.61 Å². The van der Waals surface area contributed by atoms with Crippen molar-refractivity contribution >= 4 is 5.97 Å². The fourth-order valence-corrected chi connectivity index (χ4v) is 0.381. The number of aliphatic hydroxyl groups excluding tert-OH is 1. The molecule has 0 spiro atoms. The summed E-state index contributed by atoms with van der Waals surface area (Å²) < 4.78 is 4.79. The van der Waals surface area contributed by atoms with Crippen LogP contribution in [0, 0.1) is 0 Å². The van der Waals surface area contributed by atoms with E-state index in [0.717, 1.165) is 19.8 Å². The maximum Gasteiger partial charge on any atom is 0.300 e. The second kappa shape index (κ2) is 12.6. The Morgan fingerprint density at radius 1 is 1.58 bits per heavy atom. The molecule has 4 heteroatoms. The SMILES string of the molecule is C=COCCCCO.CC(=O)O. The summed E-state index contributed by atoms with van der Waals surface area (Å²) >= 11 is 0. The first-order chi connectivity index (χ1) is 5.65. The number of rotatable bonds is 5. The van der Waals surface area contributed by atoms with Crippen LogP contribution < -0.4 is 0 Å². The zero-order valence-electron chi connectivity index (χ0n) is 7.32. The van der Waals surface area contributed by atoms with Gasteiger partial charge in [0.25, 0.3) is 5.97 Å². The number of aliphatic carboxylic acids is 1. The molecule has 0 atom stereocenters. The highest BCUT2D eigenvalue weighted by Crippen LogP contribution is 1.87. The smallest absolute Gasteiger partial charge is 0.300 e. The minimum absolute atomic E-state index is 0.250.